The van der Waals surface area contributed by atoms with Crippen LogP contribution >= 0.6 is 0 Å². The second kappa shape index (κ2) is 5.47. The molecule has 0 aliphatic carbocycles. The zero-order valence-corrected chi connectivity index (χ0v) is 12.4. The number of halogens is 2. The van der Waals surface area contributed by atoms with Crippen LogP contribution in [0, 0.1) is 11.6 Å². The van der Waals surface area contributed by atoms with E-state index in [9.17, 15) is 8.78 Å². The van der Waals surface area contributed by atoms with Gasteiger partial charge in [-0.3, -0.25) is 0 Å². The van der Waals surface area contributed by atoms with E-state index in [0.29, 0.717) is 12.5 Å². The van der Waals surface area contributed by atoms with E-state index in [0.717, 1.165) is 18.5 Å². The van der Waals surface area contributed by atoms with Gasteiger partial charge in [0.2, 0.25) is 0 Å². The fourth-order valence-electron chi connectivity index (χ4n) is 2.87. The Hall–Kier alpha value is -1.90. The van der Waals surface area contributed by atoms with E-state index in [4.69, 9.17) is 0 Å². The smallest absolute Gasteiger partial charge is 0.159 e. The van der Waals surface area contributed by atoms with Crippen molar-refractivity contribution in [2.45, 2.75) is 32.7 Å². The van der Waals surface area contributed by atoms with Crippen molar-refractivity contribution >= 4 is 5.69 Å². The molecule has 0 saturated carbocycles. The van der Waals surface area contributed by atoms with E-state index in [2.05, 4.69) is 36.9 Å². The van der Waals surface area contributed by atoms with E-state index in [-0.39, 0.29) is 0 Å². The summed E-state index contributed by atoms with van der Waals surface area (Å²) in [7, 11) is 0. The van der Waals surface area contributed by atoms with Crippen molar-refractivity contribution in [2.24, 2.45) is 0 Å². The molecular weight excluding hydrogens is 268 g/mol. The summed E-state index contributed by atoms with van der Waals surface area (Å²) < 4.78 is 26.3. The molecule has 0 aromatic heterocycles. The average molecular weight is 287 g/mol. The lowest BCUT2D eigenvalue weighted by atomic mass is 10.00. The van der Waals surface area contributed by atoms with Crippen LogP contribution in [-0.4, -0.2) is 6.54 Å². The molecule has 0 unspecified atom stereocenters. The topological polar surface area (TPSA) is 3.24 Å². The van der Waals surface area contributed by atoms with Crippen molar-refractivity contribution < 1.29 is 8.78 Å². The Morgan fingerprint density at radius 3 is 2.57 bits per heavy atom. The summed E-state index contributed by atoms with van der Waals surface area (Å²) in [4.78, 5) is 2.23. The van der Waals surface area contributed by atoms with Crippen LogP contribution in [0.3, 0.4) is 0 Å². The number of fused-ring (bicyclic) bond motifs is 1. The molecule has 2 aromatic carbocycles. The molecule has 3 rings (SSSR count). The summed E-state index contributed by atoms with van der Waals surface area (Å²) in [6.07, 6.45) is 1.01. The maximum absolute atomic E-state index is 13.3. The van der Waals surface area contributed by atoms with Crippen LogP contribution < -0.4 is 4.90 Å². The van der Waals surface area contributed by atoms with Crippen molar-refractivity contribution in [3.8, 4) is 0 Å². The predicted molar refractivity (Wildman–Crippen MR) is 81.6 cm³/mol. The van der Waals surface area contributed by atoms with Crippen LogP contribution in [0.25, 0.3) is 0 Å². The third kappa shape index (κ3) is 2.78. The molecule has 0 spiro atoms. The van der Waals surface area contributed by atoms with Crippen LogP contribution in [0.1, 0.15) is 36.5 Å². The first-order chi connectivity index (χ1) is 10.0. The van der Waals surface area contributed by atoms with Crippen LogP contribution in [0.15, 0.2) is 36.4 Å². The number of hydrogen-bond acceptors (Lipinski definition) is 1. The predicted octanol–water partition coefficient (Wildman–Crippen LogP) is 4.65. The fourth-order valence-corrected chi connectivity index (χ4v) is 2.87. The van der Waals surface area contributed by atoms with Crippen LogP contribution in [0.2, 0.25) is 0 Å². The third-order valence-corrected chi connectivity index (χ3v) is 4.12. The van der Waals surface area contributed by atoms with Gasteiger partial charge < -0.3 is 4.90 Å². The summed E-state index contributed by atoms with van der Waals surface area (Å²) in [5, 5.41) is 0. The molecule has 1 aliphatic heterocycles. The molecule has 0 amide bonds. The summed E-state index contributed by atoms with van der Waals surface area (Å²) in [5.74, 6) is -1.04. The minimum atomic E-state index is -0.790. The van der Waals surface area contributed by atoms with Crippen molar-refractivity contribution in [1.29, 1.82) is 0 Å². The van der Waals surface area contributed by atoms with E-state index >= 15 is 0 Å². The molecule has 0 fully saturated rings. The lowest BCUT2D eigenvalue weighted by molar-refractivity contribution is 0.507. The Labute approximate surface area is 124 Å². The second-order valence-corrected chi connectivity index (χ2v) is 5.96. The molecule has 2 aromatic rings. The quantitative estimate of drug-likeness (QED) is 0.794. The molecule has 21 heavy (non-hydrogen) atoms. The first kappa shape index (κ1) is 14.1. The minimum Gasteiger partial charge on any atom is -0.367 e. The van der Waals surface area contributed by atoms with E-state index in [1.54, 1.807) is 6.07 Å². The molecule has 3 heteroatoms. The molecule has 1 aliphatic rings. The normalized spacial score (nSPS) is 13.9. The van der Waals surface area contributed by atoms with Crippen LogP contribution in [0.4, 0.5) is 14.5 Å². The molecule has 1 nitrogen and oxygen atoms in total. The molecule has 110 valence electrons. The molecule has 0 saturated heterocycles. The van der Waals surface area contributed by atoms with Gasteiger partial charge in [-0.2, -0.15) is 0 Å². The highest BCUT2D eigenvalue weighted by Gasteiger charge is 2.20. The molecule has 0 N–H and O–H groups in total. The van der Waals surface area contributed by atoms with E-state index in [1.807, 2.05) is 0 Å². The SMILES string of the molecule is CC(C)c1ccc2c(c1)CCN2Cc1ccc(F)c(F)c1. The van der Waals surface area contributed by atoms with Crippen molar-refractivity contribution in [3.05, 3.63) is 64.7 Å². The highest BCUT2D eigenvalue weighted by molar-refractivity contribution is 5.59. The second-order valence-electron chi connectivity index (χ2n) is 5.96. The van der Waals surface area contributed by atoms with Crippen LogP contribution in [-0.2, 0) is 13.0 Å². The van der Waals surface area contributed by atoms with Crippen molar-refractivity contribution in [1.82, 2.24) is 0 Å². The average Bonchev–Trinajstić information content (AvgIpc) is 2.85. The van der Waals surface area contributed by atoms with Crippen molar-refractivity contribution in [2.75, 3.05) is 11.4 Å². The minimum absolute atomic E-state index is 0.524. The summed E-state index contributed by atoms with van der Waals surface area (Å²) >= 11 is 0. The van der Waals surface area contributed by atoms with Gasteiger partial charge in [-0.15, -0.1) is 0 Å². The molecule has 0 atom stereocenters. The van der Waals surface area contributed by atoms with Gasteiger partial charge in [0, 0.05) is 18.8 Å². The Morgan fingerprint density at radius 1 is 1.05 bits per heavy atom. The number of rotatable bonds is 3. The molecule has 0 bridgehead atoms. The highest BCUT2D eigenvalue weighted by Crippen LogP contribution is 2.32. The van der Waals surface area contributed by atoms with E-state index < -0.39 is 11.6 Å². The molecule has 0 radical (unpaired) electrons. The first-order valence-corrected chi connectivity index (χ1v) is 7.36. The first-order valence-electron chi connectivity index (χ1n) is 7.36. The van der Waals surface area contributed by atoms with Gasteiger partial charge in [-0.25, -0.2) is 8.78 Å². The lowest BCUT2D eigenvalue weighted by Gasteiger charge is -2.20. The maximum atomic E-state index is 13.3. The Kier molecular flexibility index (Phi) is 3.66. The van der Waals surface area contributed by atoms with Gasteiger partial charge in [0.15, 0.2) is 11.6 Å². The summed E-state index contributed by atoms with van der Waals surface area (Å²) in [6, 6.07) is 10.7. The third-order valence-electron chi connectivity index (χ3n) is 4.12. The van der Waals surface area contributed by atoms with E-state index in [1.165, 1.54) is 28.9 Å². The zero-order valence-electron chi connectivity index (χ0n) is 12.4. The lowest BCUT2D eigenvalue weighted by Crippen LogP contribution is -2.19. The van der Waals surface area contributed by atoms with Gasteiger partial charge >= 0.3 is 0 Å². The van der Waals surface area contributed by atoms with Gasteiger partial charge in [-0.05, 0) is 47.2 Å². The number of hydrogen-bond donors (Lipinski definition) is 0. The maximum Gasteiger partial charge on any atom is 0.159 e. The van der Waals surface area contributed by atoms with Gasteiger partial charge in [0.05, 0.1) is 0 Å². The van der Waals surface area contributed by atoms with Gasteiger partial charge in [-0.1, -0.05) is 32.0 Å². The Morgan fingerprint density at radius 2 is 1.86 bits per heavy atom. The number of nitrogens with zero attached hydrogens (tertiary/aromatic N) is 1. The zero-order chi connectivity index (χ0) is 15.0. The largest absolute Gasteiger partial charge is 0.367 e. The van der Waals surface area contributed by atoms with Gasteiger partial charge in [0.25, 0.3) is 0 Å². The Bertz CT molecular complexity index is 664. The molecular formula is C18H19F2N. The van der Waals surface area contributed by atoms with Gasteiger partial charge in [0.1, 0.15) is 0 Å². The monoisotopic (exact) mass is 287 g/mol. The fraction of sp³-hybridized carbons (Fsp3) is 0.333. The Balaban J connectivity index is 1.82. The van der Waals surface area contributed by atoms with Crippen LogP contribution in [0.5, 0.6) is 0 Å². The summed E-state index contributed by atoms with van der Waals surface area (Å²) in [5.41, 5.74) is 4.71. The number of anilines is 1. The number of benzene rings is 2. The highest BCUT2D eigenvalue weighted by atomic mass is 19.2. The van der Waals surface area contributed by atoms with Crippen molar-refractivity contribution in [3.63, 3.8) is 0 Å². The summed E-state index contributed by atoms with van der Waals surface area (Å²) in [6.45, 7) is 5.92. The standard InChI is InChI=1S/C18H19F2N/c1-12(2)14-4-6-18-15(10-14)7-8-21(18)11-13-3-5-16(19)17(20)9-13/h3-6,9-10,12H,7-8,11H2,1-2H3. The molecule has 1 heterocycles.